The molecule has 52 heavy (non-hydrogen) atoms. The van der Waals surface area contributed by atoms with Crippen LogP contribution in [0.2, 0.25) is 0 Å². The maximum absolute atomic E-state index is 15.7. The third kappa shape index (κ3) is 7.45. The molecule has 5 aromatic rings. The minimum atomic E-state index is -3.87. The Morgan fingerprint density at radius 2 is 1.96 bits per heavy atom. The van der Waals surface area contributed by atoms with Gasteiger partial charge in [-0.15, -0.1) is 0 Å². The topological polar surface area (TPSA) is 167 Å². The van der Waals surface area contributed by atoms with Crippen molar-refractivity contribution in [2.24, 2.45) is 23.0 Å². The summed E-state index contributed by atoms with van der Waals surface area (Å²) in [5.41, 5.74) is 1.65. The van der Waals surface area contributed by atoms with E-state index >= 15 is 8.78 Å². The number of aryl methyl sites for hydroxylation is 2. The second kappa shape index (κ2) is 14.7. The van der Waals surface area contributed by atoms with E-state index in [9.17, 15) is 13.2 Å². The van der Waals surface area contributed by atoms with E-state index in [1.807, 2.05) is 31.2 Å². The first-order chi connectivity index (χ1) is 24.8. The van der Waals surface area contributed by atoms with Crippen molar-refractivity contribution in [3.05, 3.63) is 94.9 Å². The summed E-state index contributed by atoms with van der Waals surface area (Å²) in [7, 11) is -2.26. The van der Waals surface area contributed by atoms with Gasteiger partial charge >= 0.3 is 5.97 Å². The monoisotopic (exact) mass is 731 g/mol. The van der Waals surface area contributed by atoms with Crippen LogP contribution in [0, 0.1) is 11.6 Å². The largest absolute Gasteiger partial charge is 0.466 e. The van der Waals surface area contributed by atoms with Crippen molar-refractivity contribution in [3.63, 3.8) is 0 Å². The van der Waals surface area contributed by atoms with Crippen molar-refractivity contribution in [1.82, 2.24) is 19.7 Å². The number of nitrogens with one attached hydrogen (secondary N) is 1. The van der Waals surface area contributed by atoms with Gasteiger partial charge in [0.2, 0.25) is 0 Å². The predicted molar refractivity (Wildman–Crippen MR) is 194 cm³/mol. The number of carbonyl (C=O) groups is 1. The SMILES string of the molecule is CCOC(=O)CCc1cccc(C2(C)CCS(=O)(=O)CC(=NN)C(C)=NCc3c(c(F)cc4[nH]ccc34)Oc3ccc(F)c(c3)-c3nc2nn3C)c1. The zero-order valence-corrected chi connectivity index (χ0v) is 30.1. The molecule has 6 rings (SSSR count). The van der Waals surface area contributed by atoms with Gasteiger partial charge in [0.15, 0.2) is 33.1 Å². The molecular formula is C37H39F2N7O5S. The van der Waals surface area contributed by atoms with Crippen LogP contribution < -0.4 is 10.6 Å². The van der Waals surface area contributed by atoms with Crippen LogP contribution in [0.15, 0.2) is 70.9 Å². The molecule has 1 aliphatic rings. The first kappa shape index (κ1) is 36.4. The van der Waals surface area contributed by atoms with Crippen LogP contribution in [0.3, 0.4) is 0 Å². The Hall–Kier alpha value is -5.44. The van der Waals surface area contributed by atoms with Gasteiger partial charge in [0.05, 0.1) is 47.1 Å². The average Bonchev–Trinajstić information content (AvgIpc) is 3.75. The second-order valence-corrected chi connectivity index (χ2v) is 15.1. The summed E-state index contributed by atoms with van der Waals surface area (Å²) in [6.07, 6.45) is 2.26. The number of hydrogen-bond donors (Lipinski definition) is 2. The summed E-state index contributed by atoms with van der Waals surface area (Å²) in [6.45, 7) is 5.33. The van der Waals surface area contributed by atoms with E-state index in [-0.39, 0.29) is 77.9 Å². The molecule has 3 aromatic carbocycles. The van der Waals surface area contributed by atoms with E-state index in [2.05, 4.69) is 15.1 Å². The quantitative estimate of drug-likeness (QED) is 0.128. The Bertz CT molecular complexity index is 2330. The van der Waals surface area contributed by atoms with Gasteiger partial charge in [-0.25, -0.2) is 26.9 Å². The van der Waals surface area contributed by atoms with Crippen LogP contribution in [0.5, 0.6) is 11.5 Å². The van der Waals surface area contributed by atoms with Gasteiger partial charge in [-0.2, -0.15) is 10.2 Å². The number of aliphatic imine (C=N–C) groups is 1. The lowest BCUT2D eigenvalue weighted by Gasteiger charge is -2.28. The molecular weight excluding hydrogens is 693 g/mol. The molecule has 1 aliphatic heterocycles. The number of sulfone groups is 1. The third-order valence-electron chi connectivity index (χ3n) is 9.33. The normalized spacial score (nSPS) is 18.6. The molecule has 272 valence electrons. The molecule has 12 nitrogen and oxygen atoms in total. The van der Waals surface area contributed by atoms with E-state index in [0.717, 1.165) is 5.56 Å². The molecule has 4 bridgehead atoms. The molecule has 3 heterocycles. The lowest BCUT2D eigenvalue weighted by Crippen LogP contribution is -2.32. The molecule has 1 atom stereocenters. The van der Waals surface area contributed by atoms with E-state index < -0.39 is 32.6 Å². The number of aromatic nitrogens is 4. The lowest BCUT2D eigenvalue weighted by atomic mass is 9.78. The standard InChI is InChI=1S/C37H39F2N7O5S/c1-5-50-33(47)12-9-23-7-6-8-24(17-23)37(3)14-16-52(48,49)21-32(44-40)22(2)42-20-28-26-13-15-41-31(26)19-30(39)34(28)51-25-10-11-29(38)27(18-25)35-43-36(37)45-46(35)4/h6-8,10-11,13,15,17-19,41H,5,9,12,14,16,20-21,40H2,1-4H3. The Labute approximate surface area is 299 Å². The number of carbonyl (C=O) groups excluding carboxylic acids is 1. The van der Waals surface area contributed by atoms with Crippen LogP contribution >= 0.6 is 0 Å². The minimum Gasteiger partial charge on any atom is -0.466 e. The molecule has 0 radical (unpaired) electrons. The van der Waals surface area contributed by atoms with Crippen molar-refractivity contribution in [1.29, 1.82) is 0 Å². The Morgan fingerprint density at radius 3 is 2.73 bits per heavy atom. The fraction of sp³-hybridized carbons (Fsp3) is 0.324. The average molecular weight is 732 g/mol. The summed E-state index contributed by atoms with van der Waals surface area (Å²) in [4.78, 5) is 24.5. The number of fused-ring (bicyclic) bond motifs is 8. The van der Waals surface area contributed by atoms with Crippen LogP contribution in [0.1, 0.15) is 56.1 Å². The predicted octanol–water partition coefficient (Wildman–Crippen LogP) is 5.93. The molecule has 15 heteroatoms. The first-order valence-corrected chi connectivity index (χ1v) is 18.6. The van der Waals surface area contributed by atoms with E-state index in [1.165, 1.54) is 28.9 Å². The van der Waals surface area contributed by atoms with Crippen molar-refractivity contribution >= 4 is 38.1 Å². The van der Waals surface area contributed by atoms with E-state index in [1.54, 1.807) is 33.2 Å². The third-order valence-corrected chi connectivity index (χ3v) is 10.9. The highest BCUT2D eigenvalue weighted by Gasteiger charge is 2.36. The molecule has 0 amide bonds. The van der Waals surface area contributed by atoms with Gasteiger partial charge in [0.1, 0.15) is 11.6 Å². The number of hydrogen-bond acceptors (Lipinski definition) is 10. The number of hydrazone groups is 1. The van der Waals surface area contributed by atoms with Crippen molar-refractivity contribution in [2.45, 2.75) is 52.0 Å². The first-order valence-electron chi connectivity index (χ1n) is 16.7. The van der Waals surface area contributed by atoms with E-state index in [4.69, 9.17) is 25.4 Å². The molecule has 0 fully saturated rings. The molecule has 0 aliphatic carbocycles. The summed E-state index contributed by atoms with van der Waals surface area (Å²) in [6, 6.07) is 14.5. The molecule has 3 N–H and O–H groups in total. The number of benzene rings is 3. The summed E-state index contributed by atoms with van der Waals surface area (Å²) >= 11 is 0. The Balaban J connectivity index is 1.51. The summed E-state index contributed by atoms with van der Waals surface area (Å²) < 4.78 is 71.5. The highest BCUT2D eigenvalue weighted by Crippen LogP contribution is 2.39. The van der Waals surface area contributed by atoms with E-state index in [0.29, 0.717) is 28.5 Å². The lowest BCUT2D eigenvalue weighted by molar-refractivity contribution is -0.143. The number of nitrogens with two attached hydrogens (primary N) is 1. The van der Waals surface area contributed by atoms with Crippen LogP contribution in [0.25, 0.3) is 22.3 Å². The molecule has 0 saturated heterocycles. The molecule has 0 saturated carbocycles. The van der Waals surface area contributed by atoms with Gasteiger partial charge in [0.25, 0.3) is 0 Å². The van der Waals surface area contributed by atoms with Gasteiger partial charge < -0.3 is 20.3 Å². The highest BCUT2D eigenvalue weighted by molar-refractivity contribution is 7.92. The zero-order chi connectivity index (χ0) is 37.2. The number of esters is 1. The van der Waals surface area contributed by atoms with Crippen LogP contribution in [-0.2, 0) is 44.8 Å². The molecule has 1 unspecified atom stereocenters. The van der Waals surface area contributed by atoms with Gasteiger partial charge in [-0.3, -0.25) is 9.79 Å². The van der Waals surface area contributed by atoms with Crippen molar-refractivity contribution < 1.29 is 31.5 Å². The van der Waals surface area contributed by atoms with Crippen molar-refractivity contribution in [3.8, 4) is 22.9 Å². The number of nitrogens with zero attached hydrogens (tertiary/aromatic N) is 5. The van der Waals surface area contributed by atoms with Gasteiger partial charge in [-0.05, 0) is 69.0 Å². The second-order valence-electron chi connectivity index (χ2n) is 12.9. The molecule has 0 spiro atoms. The number of H-pyrrole nitrogens is 1. The van der Waals surface area contributed by atoms with Gasteiger partial charge in [-0.1, -0.05) is 24.3 Å². The Morgan fingerprint density at radius 1 is 1.15 bits per heavy atom. The number of ether oxygens (including phenoxy) is 2. The highest BCUT2D eigenvalue weighted by atomic mass is 32.2. The Kier molecular flexibility index (Phi) is 10.2. The zero-order valence-electron chi connectivity index (χ0n) is 29.2. The minimum absolute atomic E-state index is 0.0396. The summed E-state index contributed by atoms with van der Waals surface area (Å²) in [5, 5.41) is 9.10. The van der Waals surface area contributed by atoms with Crippen LogP contribution in [0.4, 0.5) is 8.78 Å². The molecule has 2 aromatic heterocycles. The maximum Gasteiger partial charge on any atom is 0.306 e. The van der Waals surface area contributed by atoms with Crippen molar-refractivity contribution in [2.75, 3.05) is 18.1 Å². The fourth-order valence-electron chi connectivity index (χ4n) is 6.30. The summed E-state index contributed by atoms with van der Waals surface area (Å²) in [5.74, 6) is 3.67. The number of halogens is 2. The van der Waals surface area contributed by atoms with Crippen LogP contribution in [-0.4, -0.2) is 63.7 Å². The maximum atomic E-state index is 15.7. The smallest absolute Gasteiger partial charge is 0.306 e. The van der Waals surface area contributed by atoms with Gasteiger partial charge in [0, 0.05) is 42.2 Å². The number of aromatic amines is 1. The fourth-order valence-corrected chi connectivity index (χ4v) is 7.86. The number of rotatable bonds is 5.